The van der Waals surface area contributed by atoms with Gasteiger partial charge in [-0.05, 0) is 41.4 Å². The van der Waals surface area contributed by atoms with Crippen LogP contribution in [0.2, 0.25) is 0 Å². The first-order chi connectivity index (χ1) is 11.7. The Morgan fingerprint density at radius 2 is 2.08 bits per heavy atom. The van der Waals surface area contributed by atoms with E-state index in [9.17, 15) is 5.11 Å². The van der Waals surface area contributed by atoms with E-state index in [1.807, 2.05) is 0 Å². The molecule has 2 atom stereocenters. The summed E-state index contributed by atoms with van der Waals surface area (Å²) in [5, 5.41) is 11.7. The summed E-state index contributed by atoms with van der Waals surface area (Å²) in [6.45, 7) is 2.13. The summed E-state index contributed by atoms with van der Waals surface area (Å²) in [6, 6.07) is 4.38. The number of aliphatic hydroxyl groups excluding tert-OH is 1. The molecule has 1 aliphatic rings. The Morgan fingerprint density at radius 3 is 2.79 bits per heavy atom. The molecule has 0 spiro atoms. The molecule has 1 aromatic rings. The fourth-order valence-electron chi connectivity index (χ4n) is 3.44. The van der Waals surface area contributed by atoms with Crippen molar-refractivity contribution in [1.29, 1.82) is 0 Å². The predicted molar refractivity (Wildman–Crippen MR) is 105 cm³/mol. The van der Waals surface area contributed by atoms with Crippen LogP contribution in [0.5, 0.6) is 0 Å². The molecule has 2 rings (SSSR count). The number of thiophene rings is 1. The molecule has 0 radical (unpaired) electrons. The van der Waals surface area contributed by atoms with Crippen LogP contribution in [-0.4, -0.2) is 17.3 Å². The van der Waals surface area contributed by atoms with Crippen LogP contribution in [-0.2, 0) is 12.2 Å². The molecule has 134 valence electrons. The van der Waals surface area contributed by atoms with Crippen molar-refractivity contribution in [1.82, 2.24) is 0 Å². The van der Waals surface area contributed by atoms with Crippen LogP contribution in [0.15, 0.2) is 17.5 Å². The Morgan fingerprint density at radius 1 is 1.29 bits per heavy atom. The maximum Gasteiger partial charge on any atom is 0.162 e. The zero-order valence-electron chi connectivity index (χ0n) is 15.2. The lowest BCUT2D eigenvalue weighted by molar-refractivity contribution is 0.185. The van der Waals surface area contributed by atoms with Gasteiger partial charge in [0.15, 0.2) is 4.88 Å². The van der Waals surface area contributed by atoms with E-state index in [1.54, 1.807) is 0 Å². The van der Waals surface area contributed by atoms with Gasteiger partial charge in [0.25, 0.3) is 0 Å². The Balaban J connectivity index is 1.75. The lowest BCUT2D eigenvalue weighted by atomic mass is 9.86. The summed E-state index contributed by atoms with van der Waals surface area (Å²) in [6.07, 6.45) is 12.1. The van der Waals surface area contributed by atoms with Crippen LogP contribution in [0.4, 0.5) is 0 Å². The van der Waals surface area contributed by atoms with Gasteiger partial charge in [0.05, 0.1) is 13.0 Å². The van der Waals surface area contributed by atoms with Gasteiger partial charge in [0.1, 0.15) is 11.1 Å². The largest absolute Gasteiger partial charge is 0.394 e. The van der Waals surface area contributed by atoms with Gasteiger partial charge >= 0.3 is 0 Å². The summed E-state index contributed by atoms with van der Waals surface area (Å²) in [5.41, 5.74) is 5.80. The van der Waals surface area contributed by atoms with Gasteiger partial charge in [0.2, 0.25) is 0 Å². The highest BCUT2D eigenvalue weighted by molar-refractivity contribution is 7.29. The number of hydrogen-bond donors (Lipinski definition) is 2. The van der Waals surface area contributed by atoms with Gasteiger partial charge in [-0.25, -0.2) is 0 Å². The summed E-state index contributed by atoms with van der Waals surface area (Å²) in [5.74, 6) is 8.76. The van der Waals surface area contributed by atoms with E-state index in [0.29, 0.717) is 0 Å². The number of aryl methyl sites for hydroxylation is 1. The average molecular weight is 349 g/mol. The van der Waals surface area contributed by atoms with Crippen molar-refractivity contribution in [2.75, 3.05) is 6.61 Å². The molecule has 1 fully saturated rings. The molecule has 0 bridgehead atoms. The summed E-state index contributed by atoms with van der Waals surface area (Å²) < 4.78 is 0. The zero-order chi connectivity index (χ0) is 17.3. The summed E-state index contributed by atoms with van der Waals surface area (Å²) in [4.78, 5) is 1.44. The Bertz CT molecular complexity index is 530. The highest BCUT2D eigenvalue weighted by atomic mass is 32.2. The Kier molecular flexibility index (Phi) is 8.32. The van der Waals surface area contributed by atoms with Gasteiger partial charge in [-0.3, -0.25) is 0 Å². The first-order valence-electron chi connectivity index (χ1n) is 9.59. The third-order valence-electron chi connectivity index (χ3n) is 5.49. The van der Waals surface area contributed by atoms with Crippen molar-refractivity contribution < 1.29 is 5.11 Å². The van der Waals surface area contributed by atoms with Gasteiger partial charge < -0.3 is 10.8 Å². The van der Waals surface area contributed by atoms with E-state index in [2.05, 4.69) is 36.3 Å². The van der Waals surface area contributed by atoms with Crippen LogP contribution in [0.25, 0.3) is 0 Å². The minimum Gasteiger partial charge on any atom is -0.394 e. The minimum atomic E-state index is -0.416. The number of nitrogens with two attached hydrogens (primary N) is 1. The third-order valence-corrected chi connectivity index (χ3v) is 7.57. The average Bonchev–Trinajstić information content (AvgIpc) is 3.08. The molecule has 0 saturated heterocycles. The van der Waals surface area contributed by atoms with Crippen molar-refractivity contribution in [3.05, 3.63) is 22.4 Å². The lowest BCUT2D eigenvalue weighted by Gasteiger charge is -2.23. The summed E-state index contributed by atoms with van der Waals surface area (Å²) in [7, 11) is 0.162. The van der Waals surface area contributed by atoms with Crippen LogP contribution in [0, 0.1) is 17.8 Å². The molecule has 2 nitrogen and oxygen atoms in total. The maximum atomic E-state index is 9.46. The maximum absolute atomic E-state index is 9.46. The number of hydrogen-bond acceptors (Lipinski definition) is 2. The van der Waals surface area contributed by atoms with Gasteiger partial charge in [-0.2, -0.15) is 0 Å². The Labute approximate surface area is 150 Å². The van der Waals surface area contributed by atoms with Crippen LogP contribution >= 0.6 is 10.5 Å². The van der Waals surface area contributed by atoms with Crippen LogP contribution in [0.3, 0.4) is 0 Å². The minimum absolute atomic E-state index is 0.0738. The molecule has 3 heteroatoms. The van der Waals surface area contributed by atoms with E-state index < -0.39 is 5.54 Å². The molecule has 24 heavy (non-hydrogen) atoms. The monoisotopic (exact) mass is 348 g/mol. The highest BCUT2D eigenvalue weighted by Crippen LogP contribution is 2.30. The molecule has 0 amide bonds. The standard InChI is InChI=1S/C21H34NOS/c1-2-21(22,18-23)15-17-24-16-9-14-20(24)13-8-4-7-12-19-10-5-3-6-11-19/h9,14,16,19,23H,2-3,5-7,10-13,15,17-18,22H2,1H3/q+1. The molecule has 3 N–H and O–H groups in total. The van der Waals surface area contributed by atoms with Crippen molar-refractivity contribution in [3.63, 3.8) is 0 Å². The van der Waals surface area contributed by atoms with Crippen molar-refractivity contribution in [3.8, 4) is 11.8 Å². The molecule has 1 aromatic heterocycles. The van der Waals surface area contributed by atoms with E-state index in [1.165, 1.54) is 43.4 Å². The van der Waals surface area contributed by atoms with Crippen LogP contribution < -0.4 is 5.73 Å². The van der Waals surface area contributed by atoms with Crippen molar-refractivity contribution >= 4 is 10.5 Å². The zero-order valence-corrected chi connectivity index (χ0v) is 16.0. The predicted octanol–water partition coefficient (Wildman–Crippen LogP) is 4.83. The molecular weight excluding hydrogens is 314 g/mol. The number of aliphatic hydroxyl groups is 1. The normalized spacial score (nSPS) is 18.7. The quantitative estimate of drug-likeness (QED) is 0.522. The SMILES string of the molecule is CCC(N)(CO)CC[s+]1cccc1CC#CCCC1CCCCC1. The van der Waals surface area contributed by atoms with Gasteiger partial charge in [-0.15, -0.1) is 5.92 Å². The molecule has 1 heterocycles. The second kappa shape index (κ2) is 10.2. The first-order valence-corrected chi connectivity index (χ1v) is 11.0. The third kappa shape index (κ3) is 6.24. The number of rotatable bonds is 8. The fraction of sp³-hybridized carbons (Fsp3) is 0.714. The van der Waals surface area contributed by atoms with Crippen LogP contribution in [0.1, 0.15) is 69.6 Å². The molecule has 1 aliphatic carbocycles. The molecular formula is C21H34NOS+. The van der Waals surface area contributed by atoms with Crippen molar-refractivity contribution in [2.24, 2.45) is 11.7 Å². The summed E-state index contributed by atoms with van der Waals surface area (Å²) >= 11 is 0. The topological polar surface area (TPSA) is 46.2 Å². The second-order valence-corrected chi connectivity index (χ2v) is 9.35. The van der Waals surface area contributed by atoms with Crippen molar-refractivity contribution in [2.45, 2.75) is 82.4 Å². The smallest absolute Gasteiger partial charge is 0.162 e. The van der Waals surface area contributed by atoms with Gasteiger partial charge in [-0.1, -0.05) is 44.9 Å². The fourth-order valence-corrected chi connectivity index (χ4v) is 5.42. The lowest BCUT2D eigenvalue weighted by Crippen LogP contribution is -2.43. The van der Waals surface area contributed by atoms with E-state index in [0.717, 1.165) is 37.4 Å². The van der Waals surface area contributed by atoms with E-state index >= 15 is 0 Å². The second-order valence-electron chi connectivity index (χ2n) is 7.29. The molecule has 0 aromatic carbocycles. The molecule has 0 aliphatic heterocycles. The Hall–Kier alpha value is -0.820. The van der Waals surface area contributed by atoms with E-state index in [-0.39, 0.29) is 17.1 Å². The first kappa shape index (κ1) is 19.5. The molecule has 2 unspecified atom stereocenters. The highest BCUT2D eigenvalue weighted by Gasteiger charge is 2.24. The van der Waals surface area contributed by atoms with Gasteiger partial charge in [0, 0.05) is 18.4 Å². The van der Waals surface area contributed by atoms with E-state index in [4.69, 9.17) is 5.73 Å². The molecule has 1 saturated carbocycles.